The number of hydrogen-bond acceptors (Lipinski definition) is 2. The van der Waals surface area contributed by atoms with Crippen LogP contribution in [-0.4, -0.2) is 14.1 Å². The molecule has 0 unspecified atom stereocenters. The first-order chi connectivity index (χ1) is 36.3. The lowest BCUT2D eigenvalue weighted by Gasteiger charge is -2.20. The van der Waals surface area contributed by atoms with E-state index in [4.69, 9.17) is 4.98 Å². The Labute approximate surface area is 431 Å². The highest BCUT2D eigenvalue weighted by atomic mass is 15.0. The highest BCUT2D eigenvalue weighted by molar-refractivity contribution is 6.13. The molecule has 3 heterocycles. The number of aromatic nitrogens is 3. The fourth-order valence-electron chi connectivity index (χ4n) is 11.3. The predicted octanol–water partition coefficient (Wildman–Crippen LogP) is 18.4. The Bertz CT molecular complexity index is 3990. The zero-order valence-corrected chi connectivity index (χ0v) is 41.7. The van der Waals surface area contributed by atoms with E-state index in [0.717, 1.165) is 122 Å². The molecule has 0 atom stereocenters. The SMILES string of the molecule is Cc1cccc(-c2ccc3c4ccc(-c5cccc(C)c5)cc4n(-c4cc(-c5cccnc5-c5ccccc5)cc(-n5c6cc(-c7cccc(C)c7)ccc6c6ccc(-c7cccc(C)c7)cc65)c4C#N)c3c2)c1. The minimum Gasteiger partial charge on any atom is -0.308 e. The maximum absolute atomic E-state index is 12.1. The number of nitriles is 1. The highest BCUT2D eigenvalue weighted by Crippen LogP contribution is 2.44. The number of rotatable bonds is 8. The Hall–Kier alpha value is -9.56. The minimum absolute atomic E-state index is 0.556. The van der Waals surface area contributed by atoms with Crippen LogP contribution >= 0.6 is 0 Å². The average molecular weight is 947 g/mol. The molecule has 0 amide bonds. The molecule has 350 valence electrons. The van der Waals surface area contributed by atoms with Gasteiger partial charge in [-0.25, -0.2) is 0 Å². The van der Waals surface area contributed by atoms with E-state index in [9.17, 15) is 5.26 Å². The number of benzene rings is 10. The van der Waals surface area contributed by atoms with Crippen LogP contribution in [0.25, 0.3) is 122 Å². The monoisotopic (exact) mass is 946 g/mol. The van der Waals surface area contributed by atoms with Crippen LogP contribution in [-0.2, 0) is 0 Å². The summed E-state index contributed by atoms with van der Waals surface area (Å²) in [6.07, 6.45) is 1.87. The summed E-state index contributed by atoms with van der Waals surface area (Å²) in [5.41, 5.74) is 23.7. The van der Waals surface area contributed by atoms with Gasteiger partial charge >= 0.3 is 0 Å². The summed E-state index contributed by atoms with van der Waals surface area (Å²) in [6, 6.07) is 84.0. The van der Waals surface area contributed by atoms with Crippen LogP contribution in [0.15, 0.2) is 231 Å². The fourth-order valence-corrected chi connectivity index (χ4v) is 11.3. The first-order valence-corrected chi connectivity index (χ1v) is 25.3. The maximum atomic E-state index is 12.1. The van der Waals surface area contributed by atoms with Crippen LogP contribution in [0, 0.1) is 39.0 Å². The lowest BCUT2D eigenvalue weighted by molar-refractivity contribution is 1.12. The largest absolute Gasteiger partial charge is 0.308 e. The van der Waals surface area contributed by atoms with Gasteiger partial charge in [0.1, 0.15) is 11.6 Å². The van der Waals surface area contributed by atoms with E-state index >= 15 is 0 Å². The molecule has 0 spiro atoms. The van der Waals surface area contributed by atoms with Gasteiger partial charge in [0.25, 0.3) is 0 Å². The van der Waals surface area contributed by atoms with Crippen molar-refractivity contribution >= 4 is 43.6 Å². The first kappa shape index (κ1) is 44.4. The molecule has 0 fully saturated rings. The van der Waals surface area contributed by atoms with Crippen molar-refractivity contribution in [2.24, 2.45) is 0 Å². The van der Waals surface area contributed by atoms with Gasteiger partial charge in [-0.3, -0.25) is 4.98 Å². The summed E-state index contributed by atoms with van der Waals surface area (Å²) < 4.78 is 4.72. The zero-order chi connectivity index (χ0) is 50.0. The predicted molar refractivity (Wildman–Crippen MR) is 309 cm³/mol. The van der Waals surface area contributed by atoms with Crippen molar-refractivity contribution in [3.05, 3.63) is 258 Å². The van der Waals surface area contributed by atoms with E-state index in [0.29, 0.717) is 5.56 Å². The number of fused-ring (bicyclic) bond motifs is 6. The molecule has 4 nitrogen and oxygen atoms in total. The van der Waals surface area contributed by atoms with Gasteiger partial charge in [0, 0.05) is 38.9 Å². The third-order valence-electron chi connectivity index (χ3n) is 14.8. The van der Waals surface area contributed by atoms with Gasteiger partial charge < -0.3 is 9.13 Å². The Balaban J connectivity index is 1.19. The van der Waals surface area contributed by atoms with Gasteiger partial charge in [-0.15, -0.1) is 0 Å². The third kappa shape index (κ3) is 7.66. The number of pyridine rings is 1. The van der Waals surface area contributed by atoms with Crippen molar-refractivity contribution in [1.82, 2.24) is 14.1 Å². The molecule has 0 aliphatic carbocycles. The van der Waals surface area contributed by atoms with Gasteiger partial charge in [-0.1, -0.05) is 204 Å². The van der Waals surface area contributed by atoms with E-state index in [1.54, 1.807) is 0 Å². The Morgan fingerprint density at radius 3 is 1.03 bits per heavy atom. The lowest BCUT2D eigenvalue weighted by Crippen LogP contribution is -2.06. The van der Waals surface area contributed by atoms with E-state index in [-0.39, 0.29) is 0 Å². The van der Waals surface area contributed by atoms with Crippen molar-refractivity contribution in [2.75, 3.05) is 0 Å². The first-order valence-electron chi connectivity index (χ1n) is 25.3. The Morgan fingerprint density at radius 2 is 0.676 bits per heavy atom. The van der Waals surface area contributed by atoms with Crippen LogP contribution in [0.3, 0.4) is 0 Å². The van der Waals surface area contributed by atoms with Crippen molar-refractivity contribution in [3.63, 3.8) is 0 Å². The summed E-state index contributed by atoms with van der Waals surface area (Å²) in [4.78, 5) is 5.08. The molecule has 0 radical (unpaired) electrons. The molecule has 0 saturated heterocycles. The summed E-state index contributed by atoms with van der Waals surface area (Å²) in [5, 5.41) is 16.6. The number of nitrogens with zero attached hydrogens (tertiary/aromatic N) is 4. The van der Waals surface area contributed by atoms with Crippen LogP contribution in [0.5, 0.6) is 0 Å². The molecule has 0 saturated carbocycles. The second-order valence-electron chi connectivity index (χ2n) is 19.8. The molecule has 13 rings (SSSR count). The lowest BCUT2D eigenvalue weighted by atomic mass is 9.96. The molecular formula is C70H50N4. The van der Waals surface area contributed by atoms with Gasteiger partial charge in [0.15, 0.2) is 0 Å². The van der Waals surface area contributed by atoms with Gasteiger partial charge in [0.2, 0.25) is 0 Å². The molecular weight excluding hydrogens is 897 g/mol. The molecule has 10 aromatic carbocycles. The minimum atomic E-state index is 0.556. The highest BCUT2D eigenvalue weighted by Gasteiger charge is 2.25. The van der Waals surface area contributed by atoms with Crippen LogP contribution in [0.1, 0.15) is 27.8 Å². The van der Waals surface area contributed by atoms with Crippen molar-refractivity contribution in [1.29, 1.82) is 5.26 Å². The summed E-state index contributed by atoms with van der Waals surface area (Å²) in [7, 11) is 0. The fraction of sp³-hybridized carbons (Fsp3) is 0.0571. The standard InChI is InChI=1S/C70H50N4/c1-44-13-8-19-49(33-44)53-24-28-59-60-29-25-54(50-20-9-14-45(2)34-50)38-65(60)73(64(59)37-53)68-41-57(58-23-12-32-72-70(58)48-17-6-5-7-18-48)42-69(63(68)43-71)74-66-39-55(51-21-10-15-46(3)35-51)26-30-61(66)62-31-27-56(40-67(62)74)52-22-11-16-47(4)36-52/h5-42H,1-4H3. The van der Waals surface area contributed by atoms with Crippen LogP contribution in [0.4, 0.5) is 0 Å². The normalized spacial score (nSPS) is 11.5. The van der Waals surface area contributed by atoms with Gasteiger partial charge in [-0.2, -0.15) is 5.26 Å². The smallest absolute Gasteiger partial charge is 0.104 e. The van der Waals surface area contributed by atoms with Crippen molar-refractivity contribution in [2.45, 2.75) is 27.7 Å². The maximum Gasteiger partial charge on any atom is 0.104 e. The topological polar surface area (TPSA) is 46.5 Å². The van der Waals surface area contributed by atoms with Crippen molar-refractivity contribution < 1.29 is 0 Å². The molecule has 0 aliphatic rings. The third-order valence-corrected chi connectivity index (χ3v) is 14.8. The molecule has 0 bridgehead atoms. The molecule has 4 heteroatoms. The summed E-state index contributed by atoms with van der Waals surface area (Å²) >= 11 is 0. The van der Waals surface area contributed by atoms with Crippen LogP contribution < -0.4 is 0 Å². The average Bonchev–Trinajstić information content (AvgIpc) is 3.95. The van der Waals surface area contributed by atoms with Gasteiger partial charge in [-0.05, 0) is 120 Å². The number of hydrogen-bond donors (Lipinski definition) is 0. The quantitative estimate of drug-likeness (QED) is 0.152. The molecule has 0 N–H and O–H groups in total. The summed E-state index contributed by atoms with van der Waals surface area (Å²) in [5.74, 6) is 0. The summed E-state index contributed by atoms with van der Waals surface area (Å²) in [6.45, 7) is 8.57. The number of aryl methyl sites for hydroxylation is 4. The zero-order valence-electron chi connectivity index (χ0n) is 41.7. The second-order valence-corrected chi connectivity index (χ2v) is 19.8. The van der Waals surface area contributed by atoms with Crippen LogP contribution in [0.2, 0.25) is 0 Å². The molecule has 0 aliphatic heterocycles. The van der Waals surface area contributed by atoms with E-state index in [1.807, 2.05) is 18.3 Å². The molecule has 13 aromatic rings. The Kier molecular flexibility index (Phi) is 10.8. The van der Waals surface area contributed by atoms with Crippen molar-refractivity contribution in [3.8, 4) is 84.3 Å². The van der Waals surface area contributed by atoms with E-state index < -0.39 is 0 Å². The molecule has 74 heavy (non-hydrogen) atoms. The second kappa shape index (κ2) is 17.9. The van der Waals surface area contributed by atoms with Gasteiger partial charge in [0.05, 0.1) is 39.1 Å². The molecule has 3 aromatic heterocycles. The Morgan fingerprint density at radius 1 is 0.324 bits per heavy atom. The van der Waals surface area contributed by atoms with E-state index in [2.05, 4.69) is 255 Å². The van der Waals surface area contributed by atoms with E-state index in [1.165, 1.54) is 22.3 Å².